The van der Waals surface area contributed by atoms with E-state index in [-0.39, 0.29) is 22.6 Å². The smallest absolute Gasteiger partial charge is 0.272 e. The molecule has 3 amide bonds. The van der Waals surface area contributed by atoms with E-state index >= 15 is 0 Å². The summed E-state index contributed by atoms with van der Waals surface area (Å²) in [5.41, 5.74) is 4.01. The number of hydrogen-bond donors (Lipinski definition) is 3. The van der Waals surface area contributed by atoms with Crippen LogP contribution in [0.25, 0.3) is 6.08 Å². The molecule has 0 radical (unpaired) electrons. The minimum Gasteiger partial charge on any atom is -0.325 e. The van der Waals surface area contributed by atoms with E-state index in [2.05, 4.69) is 16.0 Å². The number of carbonyl (C=O) groups excluding carboxylic acids is 4. The standard InChI is InChI=1S/C35H33N3O4S/c1-4-32(35(42)36-28-19-17-25(18-20-28)24(3)39)43-30-16-10-15-29(22-30)37-34(41)31(21-27-14-9-8-11-23(27)2)38-33(40)26-12-6-5-7-13-26/h5-22,32H,4H2,1-3H3,(H,36,42)(H,37,41)(H,38,40)/b31-21-. The van der Waals surface area contributed by atoms with E-state index in [9.17, 15) is 19.2 Å². The average molecular weight is 592 g/mol. The Labute approximate surface area is 255 Å². The minimum absolute atomic E-state index is 0.0387. The summed E-state index contributed by atoms with van der Waals surface area (Å²) in [5.74, 6) is -1.08. The average Bonchev–Trinajstić information content (AvgIpc) is 3.01. The summed E-state index contributed by atoms with van der Waals surface area (Å²) in [5, 5.41) is 8.18. The van der Waals surface area contributed by atoms with E-state index in [0.717, 1.165) is 16.0 Å². The van der Waals surface area contributed by atoms with E-state index in [4.69, 9.17) is 0 Å². The molecular weight excluding hydrogens is 558 g/mol. The molecular formula is C35H33N3O4S. The van der Waals surface area contributed by atoms with Gasteiger partial charge in [0.15, 0.2) is 5.78 Å². The lowest BCUT2D eigenvalue weighted by Crippen LogP contribution is -2.30. The lowest BCUT2D eigenvalue weighted by Gasteiger charge is -2.16. The third-order valence-corrected chi connectivity index (χ3v) is 7.97. The van der Waals surface area contributed by atoms with Crippen LogP contribution in [0.3, 0.4) is 0 Å². The molecule has 0 aliphatic carbocycles. The summed E-state index contributed by atoms with van der Waals surface area (Å²) in [7, 11) is 0. The zero-order valence-electron chi connectivity index (χ0n) is 24.2. The molecule has 0 fully saturated rings. The van der Waals surface area contributed by atoms with Gasteiger partial charge in [0, 0.05) is 27.4 Å². The van der Waals surface area contributed by atoms with Crippen molar-refractivity contribution in [1.82, 2.24) is 5.32 Å². The van der Waals surface area contributed by atoms with Crippen molar-refractivity contribution in [2.24, 2.45) is 0 Å². The van der Waals surface area contributed by atoms with Gasteiger partial charge in [-0.25, -0.2) is 0 Å². The molecule has 0 aliphatic rings. The number of anilines is 2. The maximum absolute atomic E-state index is 13.5. The third-order valence-electron chi connectivity index (χ3n) is 6.61. The SMILES string of the molecule is CCC(Sc1cccc(NC(=O)/C(=C/c2ccccc2C)NC(=O)c2ccccc2)c1)C(=O)Nc1ccc(C(C)=O)cc1. The number of amides is 3. The van der Waals surface area contributed by atoms with Crippen molar-refractivity contribution in [3.8, 4) is 0 Å². The third kappa shape index (κ3) is 8.77. The molecule has 43 heavy (non-hydrogen) atoms. The van der Waals surface area contributed by atoms with Crippen LogP contribution in [-0.2, 0) is 9.59 Å². The Bertz CT molecular complexity index is 1650. The highest BCUT2D eigenvalue weighted by molar-refractivity contribution is 8.00. The lowest BCUT2D eigenvalue weighted by molar-refractivity contribution is -0.116. The molecule has 4 rings (SSSR count). The maximum Gasteiger partial charge on any atom is 0.272 e. The van der Waals surface area contributed by atoms with E-state index in [1.54, 1.807) is 72.8 Å². The van der Waals surface area contributed by atoms with Crippen molar-refractivity contribution in [3.63, 3.8) is 0 Å². The van der Waals surface area contributed by atoms with Gasteiger partial charge >= 0.3 is 0 Å². The van der Waals surface area contributed by atoms with E-state index in [0.29, 0.717) is 28.9 Å². The monoisotopic (exact) mass is 591 g/mol. The normalized spacial score (nSPS) is 11.7. The Kier molecular flexibility index (Phi) is 10.7. The molecule has 1 unspecified atom stereocenters. The first-order valence-electron chi connectivity index (χ1n) is 13.9. The van der Waals surface area contributed by atoms with Crippen LogP contribution in [0.2, 0.25) is 0 Å². The van der Waals surface area contributed by atoms with Crippen LogP contribution in [0.15, 0.2) is 114 Å². The van der Waals surface area contributed by atoms with E-state index < -0.39 is 11.8 Å². The number of benzene rings is 4. The van der Waals surface area contributed by atoms with Crippen molar-refractivity contribution in [2.45, 2.75) is 37.3 Å². The lowest BCUT2D eigenvalue weighted by atomic mass is 10.1. The maximum atomic E-state index is 13.5. The Morgan fingerprint density at radius 3 is 2.14 bits per heavy atom. The molecule has 0 saturated heterocycles. The predicted molar refractivity (Wildman–Crippen MR) is 173 cm³/mol. The molecule has 0 spiro atoms. The summed E-state index contributed by atoms with van der Waals surface area (Å²) >= 11 is 1.38. The fourth-order valence-corrected chi connectivity index (χ4v) is 5.20. The molecule has 0 saturated carbocycles. The van der Waals surface area contributed by atoms with E-state index in [1.165, 1.54) is 18.7 Å². The van der Waals surface area contributed by atoms with Gasteiger partial charge in [0.1, 0.15) is 5.70 Å². The highest BCUT2D eigenvalue weighted by Crippen LogP contribution is 2.29. The number of ketones is 1. The quantitative estimate of drug-likeness (QED) is 0.0979. The van der Waals surface area contributed by atoms with Crippen molar-refractivity contribution >= 4 is 52.7 Å². The van der Waals surface area contributed by atoms with Gasteiger partial charge in [0.2, 0.25) is 5.91 Å². The van der Waals surface area contributed by atoms with Gasteiger partial charge in [-0.1, -0.05) is 55.5 Å². The van der Waals surface area contributed by atoms with Crippen LogP contribution in [-0.4, -0.2) is 28.8 Å². The van der Waals surface area contributed by atoms with Gasteiger partial charge in [-0.15, -0.1) is 11.8 Å². The summed E-state index contributed by atoms with van der Waals surface area (Å²) in [4.78, 5) is 51.8. The highest BCUT2D eigenvalue weighted by Gasteiger charge is 2.20. The topological polar surface area (TPSA) is 104 Å². The number of carbonyl (C=O) groups is 4. The molecule has 0 aliphatic heterocycles. The van der Waals surface area contributed by atoms with Gasteiger partial charge in [0.25, 0.3) is 11.8 Å². The van der Waals surface area contributed by atoms with Crippen molar-refractivity contribution in [1.29, 1.82) is 0 Å². The number of nitrogens with one attached hydrogen (secondary N) is 3. The van der Waals surface area contributed by atoms with Gasteiger partial charge in [0.05, 0.1) is 5.25 Å². The molecule has 8 heteroatoms. The van der Waals surface area contributed by atoms with Crippen LogP contribution < -0.4 is 16.0 Å². The molecule has 1 atom stereocenters. The first kappa shape index (κ1) is 31.0. The number of thioether (sulfide) groups is 1. The first-order valence-corrected chi connectivity index (χ1v) is 14.7. The fourth-order valence-electron chi connectivity index (χ4n) is 4.19. The molecule has 7 nitrogen and oxygen atoms in total. The van der Waals surface area contributed by atoms with Crippen molar-refractivity contribution in [2.75, 3.05) is 10.6 Å². The van der Waals surface area contributed by atoms with Crippen LogP contribution in [0.4, 0.5) is 11.4 Å². The predicted octanol–water partition coefficient (Wildman–Crippen LogP) is 7.12. The fraction of sp³-hybridized carbons (Fsp3) is 0.143. The largest absolute Gasteiger partial charge is 0.325 e. The summed E-state index contributed by atoms with van der Waals surface area (Å²) in [6.45, 7) is 5.36. The van der Waals surface area contributed by atoms with Gasteiger partial charge in [-0.3, -0.25) is 19.2 Å². The first-order chi connectivity index (χ1) is 20.7. The highest BCUT2D eigenvalue weighted by atomic mass is 32.2. The summed E-state index contributed by atoms with van der Waals surface area (Å²) < 4.78 is 0. The Morgan fingerprint density at radius 2 is 1.47 bits per heavy atom. The molecule has 0 bridgehead atoms. The second kappa shape index (κ2) is 14.8. The second-order valence-electron chi connectivity index (χ2n) is 9.85. The number of aryl methyl sites for hydroxylation is 1. The zero-order chi connectivity index (χ0) is 30.8. The molecule has 4 aromatic carbocycles. The molecule has 218 valence electrons. The van der Waals surface area contributed by atoms with Crippen LogP contribution in [0.5, 0.6) is 0 Å². The Morgan fingerprint density at radius 1 is 0.767 bits per heavy atom. The molecule has 3 N–H and O–H groups in total. The molecule has 4 aromatic rings. The number of hydrogen-bond acceptors (Lipinski definition) is 5. The Hall–Kier alpha value is -4.95. The second-order valence-corrected chi connectivity index (χ2v) is 11.1. The van der Waals surface area contributed by atoms with Gasteiger partial charge in [-0.2, -0.15) is 0 Å². The molecule has 0 aromatic heterocycles. The summed E-state index contributed by atoms with van der Waals surface area (Å²) in [6, 6.07) is 30.3. The van der Waals surface area contributed by atoms with Crippen LogP contribution in [0.1, 0.15) is 52.1 Å². The number of Topliss-reactive ketones (excluding diaryl/α,β-unsaturated/α-hetero) is 1. The Balaban J connectivity index is 1.49. The minimum atomic E-state index is -0.478. The van der Waals surface area contributed by atoms with Gasteiger partial charge in [-0.05, 0) is 92.1 Å². The van der Waals surface area contributed by atoms with Crippen molar-refractivity contribution < 1.29 is 19.2 Å². The van der Waals surface area contributed by atoms with Crippen LogP contribution in [0, 0.1) is 6.92 Å². The van der Waals surface area contributed by atoms with Crippen molar-refractivity contribution in [3.05, 3.63) is 131 Å². The number of rotatable bonds is 11. The van der Waals surface area contributed by atoms with E-state index in [1.807, 2.05) is 50.2 Å². The molecule has 0 heterocycles. The summed E-state index contributed by atoms with van der Waals surface area (Å²) in [6.07, 6.45) is 2.23. The van der Waals surface area contributed by atoms with Gasteiger partial charge < -0.3 is 16.0 Å². The van der Waals surface area contributed by atoms with Crippen LogP contribution >= 0.6 is 11.8 Å². The zero-order valence-corrected chi connectivity index (χ0v) is 25.0.